The minimum atomic E-state index is -0.469. The Morgan fingerprint density at radius 3 is 2.69 bits per heavy atom. The lowest BCUT2D eigenvalue weighted by Gasteiger charge is -2.27. The Hall–Kier alpha value is -4.21. The maximum absolute atomic E-state index is 13.5. The number of carbonyl (C=O) groups excluding carboxylic acids is 3. The number of hydrogen-bond donors (Lipinski definition) is 2. The van der Waals surface area contributed by atoms with Crippen molar-refractivity contribution in [2.24, 2.45) is 7.05 Å². The summed E-state index contributed by atoms with van der Waals surface area (Å²) in [7, 11) is 3.33. The van der Waals surface area contributed by atoms with Gasteiger partial charge in [-0.15, -0.1) is 0 Å². The number of hydrogen-bond acceptors (Lipinski definition) is 5. The molecule has 0 saturated heterocycles. The first kappa shape index (κ1) is 24.9. The maximum Gasteiger partial charge on any atom is 0.276 e. The van der Waals surface area contributed by atoms with Crippen molar-refractivity contribution in [1.82, 2.24) is 20.0 Å². The summed E-state index contributed by atoms with van der Waals surface area (Å²) < 4.78 is 20.3. The summed E-state index contributed by atoms with van der Waals surface area (Å²) in [6.07, 6.45) is 0.663. The van der Waals surface area contributed by atoms with Crippen molar-refractivity contribution in [2.75, 3.05) is 19.0 Å². The molecule has 0 bridgehead atoms. The second-order valence-electron chi connectivity index (χ2n) is 8.56. The minimum absolute atomic E-state index is 0.0599. The van der Waals surface area contributed by atoms with Crippen LogP contribution in [0, 0.1) is 5.82 Å². The molecule has 1 aliphatic heterocycles. The van der Waals surface area contributed by atoms with Crippen molar-refractivity contribution >= 4 is 23.4 Å². The largest absolute Gasteiger partial charge is 0.497 e. The van der Waals surface area contributed by atoms with Crippen LogP contribution in [-0.2, 0) is 36.1 Å². The summed E-state index contributed by atoms with van der Waals surface area (Å²) in [6.45, 7) is 1.04. The Balaban J connectivity index is 1.33. The number of benzene rings is 2. The Bertz CT molecular complexity index is 1290. The van der Waals surface area contributed by atoms with E-state index in [4.69, 9.17) is 4.74 Å². The average molecular weight is 494 g/mol. The third kappa shape index (κ3) is 5.88. The van der Waals surface area contributed by atoms with Crippen LogP contribution >= 0.6 is 0 Å². The molecule has 0 saturated carbocycles. The number of anilines is 1. The van der Waals surface area contributed by atoms with Gasteiger partial charge in [-0.2, -0.15) is 5.10 Å². The lowest BCUT2D eigenvalue weighted by atomic mass is 10.0. The number of ether oxygens (including phenoxy) is 1. The molecule has 36 heavy (non-hydrogen) atoms. The van der Waals surface area contributed by atoms with Gasteiger partial charge in [0.1, 0.15) is 11.6 Å². The van der Waals surface area contributed by atoms with E-state index < -0.39 is 11.7 Å². The molecule has 2 N–H and O–H groups in total. The summed E-state index contributed by atoms with van der Waals surface area (Å²) in [5, 5.41) is 9.83. The van der Waals surface area contributed by atoms with Crippen molar-refractivity contribution in [3.8, 4) is 5.75 Å². The zero-order valence-corrected chi connectivity index (χ0v) is 20.2. The monoisotopic (exact) mass is 493 g/mol. The molecule has 1 aliphatic rings. The lowest BCUT2D eigenvalue weighted by Crippen LogP contribution is -2.37. The molecule has 0 spiro atoms. The van der Waals surface area contributed by atoms with Crippen molar-refractivity contribution in [1.29, 1.82) is 0 Å². The van der Waals surface area contributed by atoms with Gasteiger partial charge in [0.2, 0.25) is 11.8 Å². The predicted molar refractivity (Wildman–Crippen MR) is 131 cm³/mol. The van der Waals surface area contributed by atoms with Gasteiger partial charge in [0.05, 0.1) is 7.11 Å². The van der Waals surface area contributed by atoms with Gasteiger partial charge in [0.15, 0.2) is 5.69 Å². The van der Waals surface area contributed by atoms with Gasteiger partial charge in [-0.25, -0.2) is 4.39 Å². The van der Waals surface area contributed by atoms with E-state index in [1.54, 1.807) is 29.8 Å². The molecule has 0 atom stereocenters. The van der Waals surface area contributed by atoms with Crippen LogP contribution in [0.25, 0.3) is 0 Å². The van der Waals surface area contributed by atoms with Crippen LogP contribution in [0.1, 0.15) is 40.2 Å². The summed E-state index contributed by atoms with van der Waals surface area (Å²) in [4.78, 5) is 39.6. The number of carbonyl (C=O) groups is 3. The Morgan fingerprint density at radius 2 is 1.92 bits per heavy atom. The second kappa shape index (κ2) is 11.0. The van der Waals surface area contributed by atoms with E-state index in [1.807, 2.05) is 24.3 Å². The quantitative estimate of drug-likeness (QED) is 0.502. The lowest BCUT2D eigenvalue weighted by molar-refractivity contribution is -0.134. The summed E-state index contributed by atoms with van der Waals surface area (Å²) in [5.74, 6) is -0.609. The van der Waals surface area contributed by atoms with Crippen LogP contribution in [0.4, 0.5) is 10.1 Å². The van der Waals surface area contributed by atoms with E-state index in [0.717, 1.165) is 11.3 Å². The second-order valence-corrected chi connectivity index (χ2v) is 8.56. The van der Waals surface area contributed by atoms with E-state index in [-0.39, 0.29) is 36.9 Å². The molecule has 2 aromatic carbocycles. The fourth-order valence-corrected chi connectivity index (χ4v) is 4.19. The Morgan fingerprint density at radius 1 is 1.11 bits per heavy atom. The van der Waals surface area contributed by atoms with Gasteiger partial charge in [-0.05, 0) is 35.9 Å². The third-order valence-corrected chi connectivity index (χ3v) is 6.08. The van der Waals surface area contributed by atoms with Gasteiger partial charge >= 0.3 is 0 Å². The van der Waals surface area contributed by atoms with Crippen LogP contribution in [0.3, 0.4) is 0 Å². The van der Waals surface area contributed by atoms with Gasteiger partial charge < -0.3 is 20.3 Å². The Labute approximate surface area is 208 Å². The number of methoxy groups -OCH3 is 1. The number of aromatic nitrogens is 2. The molecule has 2 heterocycles. The zero-order chi connectivity index (χ0) is 25.7. The normalized spacial score (nSPS) is 12.6. The molecule has 9 nitrogen and oxygen atoms in total. The number of aryl methyl sites for hydroxylation is 1. The molecule has 1 aromatic heterocycles. The summed E-state index contributed by atoms with van der Waals surface area (Å²) in [5.41, 5.74) is 2.96. The van der Waals surface area contributed by atoms with Gasteiger partial charge in [-0.1, -0.05) is 18.2 Å². The van der Waals surface area contributed by atoms with Crippen molar-refractivity contribution in [3.05, 3.63) is 76.9 Å². The molecule has 0 aliphatic carbocycles. The minimum Gasteiger partial charge on any atom is -0.497 e. The molecule has 3 amide bonds. The number of rotatable bonds is 8. The van der Waals surface area contributed by atoms with E-state index in [2.05, 4.69) is 15.7 Å². The predicted octanol–water partition coefficient (Wildman–Crippen LogP) is 2.80. The van der Waals surface area contributed by atoms with Crippen LogP contribution in [-0.4, -0.2) is 46.1 Å². The third-order valence-electron chi connectivity index (χ3n) is 6.08. The molecule has 188 valence electrons. The highest BCUT2D eigenvalue weighted by molar-refractivity contribution is 6.04. The summed E-state index contributed by atoms with van der Waals surface area (Å²) in [6, 6.07) is 13.0. The van der Waals surface area contributed by atoms with Gasteiger partial charge in [0, 0.05) is 62.9 Å². The molecular weight excluding hydrogens is 465 g/mol. The van der Waals surface area contributed by atoms with Gasteiger partial charge in [0.25, 0.3) is 5.91 Å². The van der Waals surface area contributed by atoms with E-state index >= 15 is 0 Å². The molecular formula is C26H28FN5O4. The van der Waals surface area contributed by atoms with E-state index in [1.165, 1.54) is 18.2 Å². The highest BCUT2D eigenvalue weighted by Gasteiger charge is 2.29. The maximum atomic E-state index is 13.5. The SMILES string of the molecule is COc1cccc(CNC(=O)CCC(=O)N2CCc3c(c(C(=O)Nc4cccc(F)c4)nn3C)C2)c1. The molecule has 0 radical (unpaired) electrons. The number of nitrogens with one attached hydrogen (secondary N) is 2. The number of halogens is 1. The Kier molecular flexibility index (Phi) is 7.62. The molecule has 0 unspecified atom stereocenters. The molecule has 4 rings (SSSR count). The fraction of sp³-hybridized carbons (Fsp3) is 0.308. The van der Waals surface area contributed by atoms with Crippen molar-refractivity contribution in [2.45, 2.75) is 32.4 Å². The smallest absolute Gasteiger partial charge is 0.276 e. The molecule has 3 aromatic rings. The average Bonchev–Trinajstić information content (AvgIpc) is 3.22. The topological polar surface area (TPSA) is 106 Å². The van der Waals surface area contributed by atoms with Crippen LogP contribution < -0.4 is 15.4 Å². The van der Waals surface area contributed by atoms with Crippen molar-refractivity contribution in [3.63, 3.8) is 0 Å². The van der Waals surface area contributed by atoms with Crippen LogP contribution in [0.5, 0.6) is 5.75 Å². The molecule has 0 fully saturated rings. The van der Waals surface area contributed by atoms with E-state index in [0.29, 0.717) is 36.5 Å². The zero-order valence-electron chi connectivity index (χ0n) is 20.2. The fourth-order valence-electron chi connectivity index (χ4n) is 4.19. The number of amides is 3. The van der Waals surface area contributed by atoms with Crippen LogP contribution in [0.2, 0.25) is 0 Å². The standard InChI is InChI=1S/C26H28FN5O4/c1-31-22-11-12-32(16-21(22)25(30-31)26(35)29-19-7-4-6-18(27)14-19)24(34)10-9-23(33)28-15-17-5-3-8-20(13-17)36-2/h3-8,13-14H,9-12,15-16H2,1-2H3,(H,28,33)(H,29,35). The first-order chi connectivity index (χ1) is 17.3. The highest BCUT2D eigenvalue weighted by atomic mass is 19.1. The first-order valence-corrected chi connectivity index (χ1v) is 11.6. The highest BCUT2D eigenvalue weighted by Crippen LogP contribution is 2.24. The number of nitrogens with zero attached hydrogens (tertiary/aromatic N) is 3. The van der Waals surface area contributed by atoms with Crippen LogP contribution in [0.15, 0.2) is 48.5 Å². The first-order valence-electron chi connectivity index (χ1n) is 11.6. The van der Waals surface area contributed by atoms with E-state index in [9.17, 15) is 18.8 Å². The molecule has 10 heteroatoms. The van der Waals surface area contributed by atoms with Crippen molar-refractivity contribution < 1.29 is 23.5 Å². The number of fused-ring (bicyclic) bond motifs is 1. The summed E-state index contributed by atoms with van der Waals surface area (Å²) >= 11 is 0. The van der Waals surface area contributed by atoms with Gasteiger partial charge in [-0.3, -0.25) is 19.1 Å².